The van der Waals surface area contributed by atoms with Crippen molar-refractivity contribution < 1.29 is 9.47 Å². The van der Waals surface area contributed by atoms with Crippen molar-refractivity contribution in [2.45, 2.75) is 19.4 Å². The standard InChI is InChI=1S/C13H19NO2/c1-3-4-5-8-16-13-9-11(10-14)6-7-12(13)15-2/h3,6-7,9H,1,4-5,8,10,14H2,2H3. The molecule has 1 aromatic carbocycles. The number of methoxy groups -OCH3 is 1. The molecule has 0 fully saturated rings. The predicted molar refractivity (Wildman–Crippen MR) is 65.8 cm³/mol. The van der Waals surface area contributed by atoms with Gasteiger partial charge < -0.3 is 15.2 Å². The van der Waals surface area contributed by atoms with Gasteiger partial charge in [0.1, 0.15) is 0 Å². The quantitative estimate of drug-likeness (QED) is 0.568. The second kappa shape index (κ2) is 6.90. The molecule has 0 spiro atoms. The Morgan fingerprint density at radius 2 is 2.19 bits per heavy atom. The lowest BCUT2D eigenvalue weighted by Crippen LogP contribution is -2.01. The van der Waals surface area contributed by atoms with Crippen molar-refractivity contribution in [1.82, 2.24) is 0 Å². The van der Waals surface area contributed by atoms with Gasteiger partial charge in [0.15, 0.2) is 11.5 Å². The van der Waals surface area contributed by atoms with E-state index in [1.807, 2.05) is 24.3 Å². The average Bonchev–Trinajstić information content (AvgIpc) is 2.34. The summed E-state index contributed by atoms with van der Waals surface area (Å²) in [6, 6.07) is 5.74. The Morgan fingerprint density at radius 3 is 2.81 bits per heavy atom. The maximum absolute atomic E-state index is 5.64. The van der Waals surface area contributed by atoms with Gasteiger partial charge in [0.25, 0.3) is 0 Å². The zero-order valence-electron chi connectivity index (χ0n) is 9.74. The van der Waals surface area contributed by atoms with E-state index in [1.54, 1.807) is 7.11 Å². The van der Waals surface area contributed by atoms with Crippen LogP contribution in [0.1, 0.15) is 18.4 Å². The van der Waals surface area contributed by atoms with Gasteiger partial charge in [0, 0.05) is 6.54 Å². The second-order valence-electron chi connectivity index (χ2n) is 3.47. The van der Waals surface area contributed by atoms with E-state index in [1.165, 1.54) is 0 Å². The maximum Gasteiger partial charge on any atom is 0.161 e. The molecule has 0 aromatic heterocycles. The summed E-state index contributed by atoms with van der Waals surface area (Å²) in [7, 11) is 1.63. The molecule has 88 valence electrons. The molecule has 0 saturated heterocycles. The van der Waals surface area contributed by atoms with Crippen molar-refractivity contribution in [3.63, 3.8) is 0 Å². The van der Waals surface area contributed by atoms with Crippen LogP contribution in [-0.2, 0) is 6.54 Å². The highest BCUT2D eigenvalue weighted by Gasteiger charge is 2.04. The van der Waals surface area contributed by atoms with E-state index in [4.69, 9.17) is 15.2 Å². The van der Waals surface area contributed by atoms with Gasteiger partial charge in [0.2, 0.25) is 0 Å². The first-order valence-corrected chi connectivity index (χ1v) is 5.42. The third-order valence-electron chi connectivity index (χ3n) is 2.27. The van der Waals surface area contributed by atoms with Crippen LogP contribution in [0.3, 0.4) is 0 Å². The zero-order valence-corrected chi connectivity index (χ0v) is 9.74. The van der Waals surface area contributed by atoms with Gasteiger partial charge in [0.05, 0.1) is 13.7 Å². The Morgan fingerprint density at radius 1 is 1.38 bits per heavy atom. The van der Waals surface area contributed by atoms with Gasteiger partial charge in [-0.05, 0) is 30.5 Å². The molecule has 3 nitrogen and oxygen atoms in total. The van der Waals surface area contributed by atoms with Crippen molar-refractivity contribution in [2.75, 3.05) is 13.7 Å². The first kappa shape index (κ1) is 12.6. The maximum atomic E-state index is 5.64. The molecule has 0 bridgehead atoms. The van der Waals surface area contributed by atoms with Crippen molar-refractivity contribution in [3.05, 3.63) is 36.4 Å². The van der Waals surface area contributed by atoms with E-state index in [0.29, 0.717) is 13.2 Å². The fourth-order valence-corrected chi connectivity index (χ4v) is 1.37. The summed E-state index contributed by atoms with van der Waals surface area (Å²) >= 11 is 0. The molecule has 3 heteroatoms. The summed E-state index contributed by atoms with van der Waals surface area (Å²) in [4.78, 5) is 0. The van der Waals surface area contributed by atoms with Gasteiger partial charge in [-0.1, -0.05) is 12.1 Å². The molecule has 0 aliphatic carbocycles. The molecule has 1 rings (SSSR count). The summed E-state index contributed by atoms with van der Waals surface area (Å²) in [5.41, 5.74) is 6.62. The molecule has 0 unspecified atom stereocenters. The van der Waals surface area contributed by atoms with Crippen LogP contribution in [0.25, 0.3) is 0 Å². The van der Waals surface area contributed by atoms with Crippen molar-refractivity contribution in [1.29, 1.82) is 0 Å². The van der Waals surface area contributed by atoms with E-state index in [0.717, 1.165) is 29.9 Å². The monoisotopic (exact) mass is 221 g/mol. The lowest BCUT2D eigenvalue weighted by Gasteiger charge is -2.11. The molecular weight excluding hydrogens is 202 g/mol. The normalized spacial score (nSPS) is 9.88. The second-order valence-corrected chi connectivity index (χ2v) is 3.47. The predicted octanol–water partition coefficient (Wildman–Crippen LogP) is 2.50. The molecule has 0 amide bonds. The van der Waals surface area contributed by atoms with Gasteiger partial charge >= 0.3 is 0 Å². The summed E-state index contributed by atoms with van der Waals surface area (Å²) in [6.45, 7) is 4.84. The zero-order chi connectivity index (χ0) is 11.8. The molecule has 16 heavy (non-hydrogen) atoms. The molecule has 0 atom stereocenters. The van der Waals surface area contributed by atoms with E-state index in [-0.39, 0.29) is 0 Å². The van der Waals surface area contributed by atoms with Crippen molar-refractivity contribution >= 4 is 0 Å². The van der Waals surface area contributed by atoms with Crippen LogP contribution in [0.4, 0.5) is 0 Å². The topological polar surface area (TPSA) is 44.5 Å². The summed E-state index contributed by atoms with van der Waals surface area (Å²) in [6.07, 6.45) is 3.80. The largest absolute Gasteiger partial charge is 0.493 e. The van der Waals surface area contributed by atoms with Gasteiger partial charge in [-0.15, -0.1) is 6.58 Å². The van der Waals surface area contributed by atoms with Gasteiger partial charge in [-0.2, -0.15) is 0 Å². The number of rotatable bonds is 7. The Balaban J connectivity index is 2.63. The molecule has 2 N–H and O–H groups in total. The number of hydrogen-bond acceptors (Lipinski definition) is 3. The Labute approximate surface area is 96.9 Å². The molecule has 0 heterocycles. The molecule has 0 aliphatic heterocycles. The van der Waals surface area contributed by atoms with E-state index in [2.05, 4.69) is 6.58 Å². The van der Waals surface area contributed by atoms with Crippen LogP contribution in [0, 0.1) is 0 Å². The Kier molecular flexibility index (Phi) is 5.43. The van der Waals surface area contributed by atoms with Crippen LogP contribution < -0.4 is 15.2 Å². The summed E-state index contributed by atoms with van der Waals surface area (Å²) in [5.74, 6) is 1.50. The third-order valence-corrected chi connectivity index (χ3v) is 2.27. The summed E-state index contributed by atoms with van der Waals surface area (Å²) < 4.78 is 10.9. The van der Waals surface area contributed by atoms with E-state index >= 15 is 0 Å². The third kappa shape index (κ3) is 3.59. The van der Waals surface area contributed by atoms with Crippen LogP contribution in [0.2, 0.25) is 0 Å². The highest BCUT2D eigenvalue weighted by atomic mass is 16.5. The van der Waals surface area contributed by atoms with Crippen LogP contribution in [0.15, 0.2) is 30.9 Å². The minimum Gasteiger partial charge on any atom is -0.493 e. The molecule has 0 saturated carbocycles. The van der Waals surface area contributed by atoms with E-state index < -0.39 is 0 Å². The molecule has 0 radical (unpaired) electrons. The van der Waals surface area contributed by atoms with Gasteiger partial charge in [-0.25, -0.2) is 0 Å². The number of ether oxygens (including phenoxy) is 2. The Bertz CT molecular complexity index is 337. The lowest BCUT2D eigenvalue weighted by molar-refractivity contribution is 0.290. The van der Waals surface area contributed by atoms with Crippen LogP contribution in [0.5, 0.6) is 11.5 Å². The minimum atomic E-state index is 0.507. The lowest BCUT2D eigenvalue weighted by atomic mass is 10.2. The number of unbranched alkanes of at least 4 members (excludes halogenated alkanes) is 1. The number of hydrogen-bond donors (Lipinski definition) is 1. The molecule has 1 aromatic rings. The minimum absolute atomic E-state index is 0.507. The molecular formula is C13H19NO2. The van der Waals surface area contributed by atoms with Crippen LogP contribution in [-0.4, -0.2) is 13.7 Å². The van der Waals surface area contributed by atoms with Crippen LogP contribution >= 0.6 is 0 Å². The van der Waals surface area contributed by atoms with Crippen molar-refractivity contribution in [3.8, 4) is 11.5 Å². The van der Waals surface area contributed by atoms with Crippen molar-refractivity contribution in [2.24, 2.45) is 5.73 Å². The fraction of sp³-hybridized carbons (Fsp3) is 0.385. The van der Waals surface area contributed by atoms with Gasteiger partial charge in [-0.3, -0.25) is 0 Å². The Hall–Kier alpha value is -1.48. The average molecular weight is 221 g/mol. The first-order chi connectivity index (χ1) is 7.81. The highest BCUT2D eigenvalue weighted by Crippen LogP contribution is 2.28. The fourth-order valence-electron chi connectivity index (χ4n) is 1.37. The number of nitrogens with two attached hydrogens (primary N) is 1. The molecule has 0 aliphatic rings. The number of allylic oxidation sites excluding steroid dienone is 1. The summed E-state index contributed by atoms with van der Waals surface area (Å²) in [5, 5.41) is 0. The van der Waals surface area contributed by atoms with E-state index in [9.17, 15) is 0 Å². The highest BCUT2D eigenvalue weighted by molar-refractivity contribution is 5.42. The number of benzene rings is 1. The smallest absolute Gasteiger partial charge is 0.161 e. The first-order valence-electron chi connectivity index (χ1n) is 5.42. The SMILES string of the molecule is C=CCCCOc1cc(CN)ccc1OC.